The summed E-state index contributed by atoms with van der Waals surface area (Å²) in [6, 6.07) is 3.93. The van der Waals surface area contributed by atoms with Crippen LogP contribution in [-0.2, 0) is 14.8 Å². The second-order valence-electron chi connectivity index (χ2n) is 6.44. The number of carbonyl (C=O) groups excluding carboxylic acids is 1. The Morgan fingerprint density at radius 1 is 1.24 bits per heavy atom. The van der Waals surface area contributed by atoms with Crippen LogP contribution in [0.3, 0.4) is 0 Å². The molecule has 0 aromatic heterocycles. The number of hydrogen-bond donors (Lipinski definition) is 1. The molecule has 1 fully saturated rings. The molecule has 1 amide bonds. The van der Waals surface area contributed by atoms with Crippen LogP contribution in [0.15, 0.2) is 23.1 Å². The molecular weight excluding hydrogens is 340 g/mol. The molecule has 1 aromatic carbocycles. The van der Waals surface area contributed by atoms with Crippen LogP contribution >= 0.6 is 0 Å². The van der Waals surface area contributed by atoms with Crippen molar-refractivity contribution in [3.05, 3.63) is 23.8 Å². The van der Waals surface area contributed by atoms with Gasteiger partial charge in [0.1, 0.15) is 5.75 Å². The minimum absolute atomic E-state index is 0.143. The first kappa shape index (κ1) is 19.7. The van der Waals surface area contributed by atoms with E-state index in [1.165, 1.54) is 6.07 Å². The maximum Gasteiger partial charge on any atom is 0.241 e. The number of nitrogens with one attached hydrogen (secondary N) is 1. The summed E-state index contributed by atoms with van der Waals surface area (Å²) in [7, 11) is -3.76. The van der Waals surface area contributed by atoms with Gasteiger partial charge in [-0.1, -0.05) is 12.8 Å². The standard InChI is InChI=1S/C18H28N2O4S/c1-4-24-17-10-9-16(13-14(17)2)25(22,23)19-15(3)18(21)20-11-7-5-6-8-12-20/h9-10,13,15,19H,4-8,11-12H2,1-3H3/t15-/m0/s1. The first-order valence-electron chi connectivity index (χ1n) is 8.89. The third kappa shape index (κ3) is 5.19. The quantitative estimate of drug-likeness (QED) is 0.837. The average Bonchev–Trinajstić information content (AvgIpc) is 2.85. The lowest BCUT2D eigenvalue weighted by Gasteiger charge is -2.24. The molecule has 1 heterocycles. The first-order chi connectivity index (χ1) is 11.8. The predicted octanol–water partition coefficient (Wildman–Crippen LogP) is 2.46. The monoisotopic (exact) mass is 368 g/mol. The Labute approximate surface area is 150 Å². The van der Waals surface area contributed by atoms with Crippen LogP contribution < -0.4 is 9.46 Å². The molecule has 0 aliphatic carbocycles. The van der Waals surface area contributed by atoms with Crippen molar-refractivity contribution >= 4 is 15.9 Å². The van der Waals surface area contributed by atoms with E-state index < -0.39 is 16.1 Å². The van der Waals surface area contributed by atoms with Crippen molar-refractivity contribution < 1.29 is 17.9 Å². The summed E-state index contributed by atoms with van der Waals surface area (Å²) in [5.41, 5.74) is 0.747. The average molecular weight is 368 g/mol. The molecule has 2 rings (SSSR count). The van der Waals surface area contributed by atoms with Crippen molar-refractivity contribution in [1.82, 2.24) is 9.62 Å². The van der Waals surface area contributed by atoms with Gasteiger partial charge >= 0.3 is 0 Å². The van der Waals surface area contributed by atoms with E-state index in [4.69, 9.17) is 4.74 Å². The summed E-state index contributed by atoms with van der Waals surface area (Å²) in [5, 5.41) is 0. The molecule has 0 bridgehead atoms. The van der Waals surface area contributed by atoms with Gasteiger partial charge < -0.3 is 9.64 Å². The number of hydrogen-bond acceptors (Lipinski definition) is 4. The molecule has 0 radical (unpaired) electrons. The van der Waals surface area contributed by atoms with Gasteiger partial charge in [0.2, 0.25) is 15.9 Å². The minimum atomic E-state index is -3.76. The number of carbonyl (C=O) groups is 1. The van der Waals surface area contributed by atoms with Crippen LogP contribution in [0.2, 0.25) is 0 Å². The Morgan fingerprint density at radius 2 is 1.88 bits per heavy atom. The third-order valence-electron chi connectivity index (χ3n) is 4.38. The van der Waals surface area contributed by atoms with E-state index in [2.05, 4.69) is 4.72 Å². The Balaban J connectivity index is 2.09. The van der Waals surface area contributed by atoms with E-state index in [0.29, 0.717) is 25.4 Å². The Bertz CT molecular complexity index is 695. The number of likely N-dealkylation sites (tertiary alicyclic amines) is 1. The maximum atomic E-state index is 12.6. The lowest BCUT2D eigenvalue weighted by Crippen LogP contribution is -2.47. The fraction of sp³-hybridized carbons (Fsp3) is 0.611. The SMILES string of the molecule is CCOc1ccc(S(=O)(=O)N[C@@H](C)C(=O)N2CCCCCC2)cc1C. The van der Waals surface area contributed by atoms with Gasteiger partial charge in [-0.2, -0.15) is 4.72 Å². The minimum Gasteiger partial charge on any atom is -0.494 e. The highest BCUT2D eigenvalue weighted by Crippen LogP contribution is 2.22. The lowest BCUT2D eigenvalue weighted by atomic mass is 10.2. The van der Waals surface area contributed by atoms with Crippen LogP contribution in [0.4, 0.5) is 0 Å². The van der Waals surface area contributed by atoms with Crippen molar-refractivity contribution in [3.8, 4) is 5.75 Å². The van der Waals surface area contributed by atoms with Crippen molar-refractivity contribution in [1.29, 1.82) is 0 Å². The summed E-state index contributed by atoms with van der Waals surface area (Å²) in [4.78, 5) is 14.5. The largest absolute Gasteiger partial charge is 0.494 e. The number of benzene rings is 1. The van der Waals surface area contributed by atoms with E-state index in [9.17, 15) is 13.2 Å². The zero-order valence-electron chi connectivity index (χ0n) is 15.2. The molecular formula is C18H28N2O4S. The zero-order chi connectivity index (χ0) is 18.4. The van der Waals surface area contributed by atoms with Crippen molar-refractivity contribution in [2.75, 3.05) is 19.7 Å². The molecule has 25 heavy (non-hydrogen) atoms. The number of amides is 1. The van der Waals surface area contributed by atoms with E-state index in [1.54, 1.807) is 30.9 Å². The molecule has 0 saturated carbocycles. The summed E-state index contributed by atoms with van der Waals surface area (Å²) >= 11 is 0. The molecule has 0 spiro atoms. The number of rotatable bonds is 6. The predicted molar refractivity (Wildman–Crippen MR) is 97.2 cm³/mol. The van der Waals surface area contributed by atoms with Crippen LogP contribution in [0.25, 0.3) is 0 Å². The third-order valence-corrected chi connectivity index (χ3v) is 5.92. The fourth-order valence-electron chi connectivity index (χ4n) is 3.02. The van der Waals surface area contributed by atoms with Gasteiger partial charge in [-0.25, -0.2) is 8.42 Å². The molecule has 7 heteroatoms. The van der Waals surface area contributed by atoms with Crippen molar-refractivity contribution in [2.24, 2.45) is 0 Å². The number of nitrogens with zero attached hydrogens (tertiary/aromatic N) is 1. The zero-order valence-corrected chi connectivity index (χ0v) is 16.1. The second-order valence-corrected chi connectivity index (χ2v) is 8.16. The molecule has 1 atom stereocenters. The van der Waals surface area contributed by atoms with Crippen LogP contribution in [0, 0.1) is 6.92 Å². The van der Waals surface area contributed by atoms with Gasteiger partial charge in [-0.05, 0) is 57.4 Å². The first-order valence-corrected chi connectivity index (χ1v) is 10.4. The molecule has 1 aromatic rings. The molecule has 1 aliphatic rings. The van der Waals surface area contributed by atoms with Gasteiger partial charge in [-0.15, -0.1) is 0 Å². The molecule has 1 N–H and O–H groups in total. The Morgan fingerprint density at radius 3 is 2.44 bits per heavy atom. The lowest BCUT2D eigenvalue weighted by molar-refractivity contribution is -0.132. The van der Waals surface area contributed by atoms with Crippen LogP contribution in [0.5, 0.6) is 5.75 Å². The van der Waals surface area contributed by atoms with Gasteiger partial charge in [-0.3, -0.25) is 4.79 Å². The van der Waals surface area contributed by atoms with E-state index in [0.717, 1.165) is 31.2 Å². The van der Waals surface area contributed by atoms with Crippen LogP contribution in [-0.4, -0.2) is 45.0 Å². The fourth-order valence-corrected chi connectivity index (χ4v) is 4.30. The number of ether oxygens (including phenoxy) is 1. The summed E-state index contributed by atoms with van der Waals surface area (Å²) in [6.45, 7) is 7.20. The molecule has 1 saturated heterocycles. The van der Waals surface area contributed by atoms with Crippen molar-refractivity contribution in [2.45, 2.75) is 57.4 Å². The van der Waals surface area contributed by atoms with Gasteiger partial charge in [0.05, 0.1) is 17.5 Å². The normalized spacial score (nSPS) is 17.0. The van der Waals surface area contributed by atoms with Crippen LogP contribution in [0.1, 0.15) is 45.1 Å². The second kappa shape index (κ2) is 8.67. The maximum absolute atomic E-state index is 12.6. The van der Waals surface area contributed by atoms with Gasteiger partial charge in [0, 0.05) is 13.1 Å². The van der Waals surface area contributed by atoms with E-state index in [1.807, 2.05) is 6.92 Å². The Kier molecular flexibility index (Phi) is 6.84. The molecule has 1 aliphatic heterocycles. The highest BCUT2D eigenvalue weighted by Gasteiger charge is 2.26. The molecule has 140 valence electrons. The summed E-state index contributed by atoms with van der Waals surface area (Å²) < 4.78 is 33.1. The molecule has 6 nitrogen and oxygen atoms in total. The summed E-state index contributed by atoms with van der Waals surface area (Å²) in [6.07, 6.45) is 4.19. The van der Waals surface area contributed by atoms with Gasteiger partial charge in [0.15, 0.2) is 0 Å². The molecule has 0 unspecified atom stereocenters. The Hall–Kier alpha value is -1.60. The topological polar surface area (TPSA) is 75.7 Å². The van der Waals surface area contributed by atoms with Crippen molar-refractivity contribution in [3.63, 3.8) is 0 Å². The number of sulfonamides is 1. The smallest absolute Gasteiger partial charge is 0.241 e. The highest BCUT2D eigenvalue weighted by molar-refractivity contribution is 7.89. The summed E-state index contributed by atoms with van der Waals surface area (Å²) in [5.74, 6) is 0.503. The number of aryl methyl sites for hydroxylation is 1. The highest BCUT2D eigenvalue weighted by atomic mass is 32.2. The van der Waals surface area contributed by atoms with E-state index >= 15 is 0 Å². The van der Waals surface area contributed by atoms with E-state index in [-0.39, 0.29) is 10.8 Å². The van der Waals surface area contributed by atoms with Gasteiger partial charge in [0.25, 0.3) is 0 Å².